The van der Waals surface area contributed by atoms with E-state index in [1.165, 1.54) is 6.92 Å². The summed E-state index contributed by atoms with van der Waals surface area (Å²) in [5.41, 5.74) is 2.02. The van der Waals surface area contributed by atoms with Gasteiger partial charge in [-0.1, -0.05) is 67.2 Å². The first-order valence-corrected chi connectivity index (χ1v) is 8.06. The van der Waals surface area contributed by atoms with Gasteiger partial charge in [-0.25, -0.2) is 0 Å². The van der Waals surface area contributed by atoms with Crippen molar-refractivity contribution in [3.05, 3.63) is 83.9 Å². The van der Waals surface area contributed by atoms with Crippen molar-refractivity contribution in [1.29, 1.82) is 0 Å². The molecule has 0 spiro atoms. The van der Waals surface area contributed by atoms with Gasteiger partial charge >= 0.3 is 5.97 Å². The molecule has 4 heteroatoms. The van der Waals surface area contributed by atoms with Gasteiger partial charge in [-0.15, -0.1) is 12.4 Å². The molecule has 3 nitrogen and oxygen atoms in total. The van der Waals surface area contributed by atoms with E-state index in [0.717, 1.165) is 16.7 Å². The number of ether oxygens (including phenoxy) is 1. The molecule has 0 N–H and O–H groups in total. The zero-order valence-electron chi connectivity index (χ0n) is 15.1. The van der Waals surface area contributed by atoms with Crippen LogP contribution in [0.25, 0.3) is 0 Å². The van der Waals surface area contributed by atoms with E-state index in [2.05, 4.69) is 6.58 Å². The van der Waals surface area contributed by atoms with Crippen LogP contribution in [0.15, 0.2) is 72.8 Å². The lowest BCUT2D eigenvalue weighted by atomic mass is 9.81. The molecule has 0 aromatic heterocycles. The summed E-state index contributed by atoms with van der Waals surface area (Å²) in [6, 6.07) is 19.9. The Morgan fingerprint density at radius 2 is 1.56 bits per heavy atom. The zero-order chi connectivity index (χ0) is 17.6. The molecule has 0 amide bonds. The van der Waals surface area contributed by atoms with Crippen LogP contribution in [0.2, 0.25) is 0 Å². The standard InChI is InChI=1S/C21H25NO2.ClH/c1-17(16-22(3)4)21(24-18(2)23,20-13-9-6-10-14-20)15-19-11-7-5-8-12-19;/h5-14H,1,15-16H2,2-4H3;1H. The molecular formula is C21H26ClNO2. The van der Waals surface area contributed by atoms with Crippen molar-refractivity contribution < 1.29 is 9.53 Å². The molecule has 0 aliphatic rings. The van der Waals surface area contributed by atoms with Gasteiger partial charge in [0.25, 0.3) is 0 Å². The predicted octanol–water partition coefficient (Wildman–Crippen LogP) is 4.23. The number of hydrogen-bond acceptors (Lipinski definition) is 3. The van der Waals surface area contributed by atoms with Crippen LogP contribution < -0.4 is 0 Å². The van der Waals surface area contributed by atoms with Gasteiger partial charge in [0.05, 0.1) is 0 Å². The predicted molar refractivity (Wildman–Crippen MR) is 105 cm³/mol. The minimum Gasteiger partial charge on any atom is -0.449 e. The van der Waals surface area contributed by atoms with Gasteiger partial charge < -0.3 is 9.64 Å². The van der Waals surface area contributed by atoms with Crippen LogP contribution in [-0.2, 0) is 21.6 Å². The molecule has 0 aliphatic heterocycles. The molecule has 2 rings (SSSR count). The summed E-state index contributed by atoms with van der Waals surface area (Å²) in [5, 5.41) is 0. The van der Waals surface area contributed by atoms with Gasteiger partial charge in [-0.2, -0.15) is 0 Å². The van der Waals surface area contributed by atoms with Gasteiger partial charge in [0.1, 0.15) is 0 Å². The van der Waals surface area contributed by atoms with Crippen molar-refractivity contribution in [3.63, 3.8) is 0 Å². The van der Waals surface area contributed by atoms with Crippen LogP contribution in [0.3, 0.4) is 0 Å². The molecule has 2 aromatic carbocycles. The zero-order valence-corrected chi connectivity index (χ0v) is 15.9. The van der Waals surface area contributed by atoms with E-state index >= 15 is 0 Å². The third kappa shape index (κ3) is 5.45. The van der Waals surface area contributed by atoms with E-state index in [1.807, 2.05) is 79.7 Å². The number of benzene rings is 2. The van der Waals surface area contributed by atoms with E-state index in [4.69, 9.17) is 4.74 Å². The first-order valence-electron chi connectivity index (χ1n) is 8.06. The Bertz CT molecular complexity index is 686. The van der Waals surface area contributed by atoms with E-state index in [1.54, 1.807) is 0 Å². The lowest BCUT2D eigenvalue weighted by Crippen LogP contribution is -2.39. The third-order valence-corrected chi connectivity index (χ3v) is 3.93. The quantitative estimate of drug-likeness (QED) is 0.547. The van der Waals surface area contributed by atoms with Crippen LogP contribution in [0.4, 0.5) is 0 Å². The Morgan fingerprint density at radius 1 is 1.04 bits per heavy atom. The number of halogens is 1. The van der Waals surface area contributed by atoms with E-state index in [9.17, 15) is 4.79 Å². The largest absolute Gasteiger partial charge is 0.449 e. The summed E-state index contributed by atoms with van der Waals surface area (Å²) in [4.78, 5) is 14.0. The van der Waals surface area contributed by atoms with Gasteiger partial charge in [0.2, 0.25) is 0 Å². The number of esters is 1. The minimum atomic E-state index is -0.876. The molecule has 0 aliphatic carbocycles. The summed E-state index contributed by atoms with van der Waals surface area (Å²) in [6.45, 7) is 6.36. The van der Waals surface area contributed by atoms with Gasteiger partial charge in [0, 0.05) is 25.5 Å². The highest BCUT2D eigenvalue weighted by Gasteiger charge is 2.39. The molecule has 25 heavy (non-hydrogen) atoms. The van der Waals surface area contributed by atoms with E-state index < -0.39 is 5.60 Å². The van der Waals surface area contributed by atoms with Crippen molar-refractivity contribution >= 4 is 18.4 Å². The van der Waals surface area contributed by atoms with E-state index in [0.29, 0.717) is 13.0 Å². The van der Waals surface area contributed by atoms with Crippen LogP contribution >= 0.6 is 12.4 Å². The Balaban J connectivity index is 0.00000312. The van der Waals surface area contributed by atoms with Crippen LogP contribution in [-0.4, -0.2) is 31.5 Å². The maximum atomic E-state index is 11.9. The van der Waals surface area contributed by atoms with Crippen molar-refractivity contribution in [1.82, 2.24) is 4.90 Å². The van der Waals surface area contributed by atoms with Crippen molar-refractivity contribution in [2.45, 2.75) is 18.9 Å². The Kier molecular flexibility index (Phi) is 7.88. The second-order valence-corrected chi connectivity index (χ2v) is 6.29. The van der Waals surface area contributed by atoms with Crippen molar-refractivity contribution in [2.24, 2.45) is 0 Å². The average Bonchev–Trinajstić information content (AvgIpc) is 2.55. The fraction of sp³-hybridized carbons (Fsp3) is 0.286. The number of likely N-dealkylation sites (N-methyl/N-ethyl adjacent to an activating group) is 1. The first kappa shape index (κ1) is 20.9. The van der Waals surface area contributed by atoms with Crippen LogP contribution in [0.1, 0.15) is 18.1 Å². The highest BCUT2D eigenvalue weighted by atomic mass is 35.5. The maximum Gasteiger partial charge on any atom is 0.303 e. The molecule has 1 unspecified atom stereocenters. The molecule has 2 aromatic rings. The number of nitrogens with zero attached hydrogens (tertiary/aromatic N) is 1. The highest BCUT2D eigenvalue weighted by Crippen LogP contribution is 2.37. The molecule has 0 heterocycles. The molecule has 1 atom stereocenters. The Morgan fingerprint density at radius 3 is 2.04 bits per heavy atom. The summed E-state index contributed by atoms with van der Waals surface area (Å²) < 4.78 is 5.93. The Hall–Kier alpha value is -2.10. The lowest BCUT2D eigenvalue weighted by Gasteiger charge is -2.37. The normalized spacial score (nSPS) is 12.8. The van der Waals surface area contributed by atoms with Crippen molar-refractivity contribution in [3.8, 4) is 0 Å². The number of carbonyl (C=O) groups is 1. The molecule has 0 bridgehead atoms. The summed E-state index contributed by atoms with van der Waals surface area (Å²) >= 11 is 0. The van der Waals surface area contributed by atoms with E-state index in [-0.39, 0.29) is 18.4 Å². The second-order valence-electron chi connectivity index (χ2n) is 6.29. The number of carbonyl (C=O) groups excluding carboxylic acids is 1. The average molecular weight is 360 g/mol. The monoisotopic (exact) mass is 359 g/mol. The summed E-state index contributed by atoms with van der Waals surface area (Å²) in [6.07, 6.45) is 0.560. The van der Waals surface area contributed by atoms with Crippen LogP contribution in [0, 0.1) is 0 Å². The SMILES string of the molecule is C=C(CN(C)C)C(Cc1ccccc1)(OC(C)=O)c1ccccc1.Cl. The Labute approximate surface area is 156 Å². The number of hydrogen-bond donors (Lipinski definition) is 0. The van der Waals surface area contributed by atoms with Gasteiger partial charge in [-0.3, -0.25) is 4.79 Å². The maximum absolute atomic E-state index is 11.9. The molecule has 0 saturated heterocycles. The molecular weight excluding hydrogens is 334 g/mol. The third-order valence-electron chi connectivity index (χ3n) is 3.93. The fourth-order valence-corrected chi connectivity index (χ4v) is 2.94. The lowest BCUT2D eigenvalue weighted by molar-refractivity contribution is -0.154. The summed E-state index contributed by atoms with van der Waals surface area (Å²) in [7, 11) is 3.97. The number of rotatable bonds is 7. The molecule has 0 saturated carbocycles. The molecule has 0 radical (unpaired) electrons. The van der Waals surface area contributed by atoms with Crippen molar-refractivity contribution in [2.75, 3.05) is 20.6 Å². The summed E-state index contributed by atoms with van der Waals surface area (Å²) in [5.74, 6) is -0.310. The highest BCUT2D eigenvalue weighted by molar-refractivity contribution is 5.85. The molecule has 0 fully saturated rings. The second kappa shape index (κ2) is 9.40. The smallest absolute Gasteiger partial charge is 0.303 e. The van der Waals surface area contributed by atoms with Gasteiger partial charge in [0.15, 0.2) is 5.60 Å². The minimum absolute atomic E-state index is 0. The molecule has 134 valence electrons. The topological polar surface area (TPSA) is 29.5 Å². The first-order chi connectivity index (χ1) is 11.4. The fourth-order valence-electron chi connectivity index (χ4n) is 2.94. The van der Waals surface area contributed by atoms with Gasteiger partial charge in [-0.05, 0) is 25.2 Å². The van der Waals surface area contributed by atoms with Crippen LogP contribution in [0.5, 0.6) is 0 Å².